The van der Waals surface area contributed by atoms with Gasteiger partial charge in [0.05, 0.1) is 17.1 Å². The van der Waals surface area contributed by atoms with E-state index >= 15 is 0 Å². The van der Waals surface area contributed by atoms with Crippen LogP contribution in [0.25, 0.3) is 11.0 Å². The average molecular weight is 228 g/mol. The van der Waals surface area contributed by atoms with Gasteiger partial charge in [0.2, 0.25) is 0 Å². The molecule has 1 heterocycles. The highest BCUT2D eigenvalue weighted by molar-refractivity contribution is 5.77. The number of rotatable bonds is 4. The third kappa shape index (κ3) is 2.50. The highest BCUT2D eigenvalue weighted by atomic mass is 16.3. The normalized spacial score (nSPS) is 12.6. The number of hydrogen-bond acceptors (Lipinski definition) is 3. The molecule has 2 rings (SSSR count). The first kappa shape index (κ1) is 11.7. The van der Waals surface area contributed by atoms with Crippen molar-refractivity contribution in [3.8, 4) is 0 Å². The minimum atomic E-state index is -0.553. The van der Waals surface area contributed by atoms with Crippen molar-refractivity contribution in [3.05, 3.63) is 48.3 Å². The Balaban J connectivity index is 2.38. The van der Waals surface area contributed by atoms with Gasteiger partial charge in [-0.15, -0.1) is 0 Å². The van der Waals surface area contributed by atoms with E-state index < -0.39 is 6.10 Å². The Hall–Kier alpha value is -1.74. The molecule has 0 aliphatic rings. The van der Waals surface area contributed by atoms with Gasteiger partial charge in [0.1, 0.15) is 0 Å². The molecule has 3 nitrogen and oxygen atoms in total. The first-order chi connectivity index (χ1) is 8.22. The van der Waals surface area contributed by atoms with E-state index in [1.807, 2.05) is 25.1 Å². The summed E-state index contributed by atoms with van der Waals surface area (Å²) < 4.78 is 0. The lowest BCUT2D eigenvalue weighted by Crippen LogP contribution is -2.01. The Kier molecular flexibility index (Phi) is 3.49. The van der Waals surface area contributed by atoms with Gasteiger partial charge in [0.25, 0.3) is 0 Å². The molecule has 1 aromatic carbocycles. The van der Waals surface area contributed by atoms with E-state index in [1.165, 1.54) is 0 Å². The summed E-state index contributed by atoms with van der Waals surface area (Å²) in [5, 5.41) is 10.2. The number of para-hydroxylation sites is 1. The van der Waals surface area contributed by atoms with E-state index in [-0.39, 0.29) is 0 Å². The fraction of sp³-hybridized carbons (Fsp3) is 0.286. The van der Waals surface area contributed by atoms with Crippen LogP contribution < -0.4 is 0 Å². The number of hydrogen-bond donors (Lipinski definition) is 1. The van der Waals surface area contributed by atoms with Crippen LogP contribution in [0, 0.1) is 0 Å². The maximum absolute atomic E-state index is 10.2. The van der Waals surface area contributed by atoms with Gasteiger partial charge in [-0.2, -0.15) is 0 Å². The summed E-state index contributed by atoms with van der Waals surface area (Å²) in [5.74, 6) is 0. The van der Waals surface area contributed by atoms with Gasteiger partial charge in [0, 0.05) is 18.0 Å². The number of aliphatic hydroxyl groups excluding tert-OH is 1. The molecule has 0 spiro atoms. The lowest BCUT2D eigenvalue weighted by Gasteiger charge is -2.13. The van der Waals surface area contributed by atoms with Gasteiger partial charge in [-0.1, -0.05) is 31.2 Å². The highest BCUT2D eigenvalue weighted by Crippen LogP contribution is 2.26. The van der Waals surface area contributed by atoms with Crippen molar-refractivity contribution in [2.75, 3.05) is 0 Å². The van der Waals surface area contributed by atoms with E-state index in [2.05, 4.69) is 16.5 Å². The Morgan fingerprint density at radius 1 is 1.35 bits per heavy atom. The molecule has 0 saturated carbocycles. The van der Waals surface area contributed by atoms with Crippen LogP contribution >= 0.6 is 0 Å². The molecule has 88 valence electrons. The third-order valence-electron chi connectivity index (χ3n) is 2.87. The molecule has 0 radical (unpaired) electrons. The second-order valence-electron chi connectivity index (χ2n) is 4.09. The molecule has 1 aromatic heterocycles. The second-order valence-corrected chi connectivity index (χ2v) is 4.09. The van der Waals surface area contributed by atoms with Gasteiger partial charge in [-0.25, -0.2) is 0 Å². The van der Waals surface area contributed by atoms with Crippen LogP contribution in [0.1, 0.15) is 31.4 Å². The summed E-state index contributed by atoms with van der Waals surface area (Å²) >= 11 is 0. The van der Waals surface area contributed by atoms with Crippen molar-refractivity contribution in [3.63, 3.8) is 0 Å². The van der Waals surface area contributed by atoms with Crippen molar-refractivity contribution in [2.24, 2.45) is 0 Å². The molecular formula is C14H16N2O. The van der Waals surface area contributed by atoms with Crippen LogP contribution in [0.5, 0.6) is 0 Å². The molecule has 0 fully saturated rings. The van der Waals surface area contributed by atoms with Crippen LogP contribution in [0.4, 0.5) is 0 Å². The molecule has 2 aromatic rings. The summed E-state index contributed by atoms with van der Waals surface area (Å²) in [7, 11) is 0. The fourth-order valence-electron chi connectivity index (χ4n) is 1.81. The van der Waals surface area contributed by atoms with E-state index in [4.69, 9.17) is 0 Å². The Bertz CT molecular complexity index is 531. The Morgan fingerprint density at radius 2 is 2.12 bits per heavy atom. The van der Waals surface area contributed by atoms with Crippen molar-refractivity contribution in [2.45, 2.75) is 25.9 Å². The quantitative estimate of drug-likeness (QED) is 0.818. The number of benzene rings is 1. The average Bonchev–Trinajstić information content (AvgIpc) is 2.37. The first-order valence-electron chi connectivity index (χ1n) is 5.76. The number of aliphatic hydroxyl groups is 1. The number of aromatic nitrogens is 2. The zero-order valence-corrected chi connectivity index (χ0v) is 9.93. The largest absolute Gasteiger partial charge is 0.388 e. The van der Waals surface area contributed by atoms with Crippen molar-refractivity contribution >= 4 is 11.0 Å². The smallest absolute Gasteiger partial charge is 0.0944 e. The highest BCUT2D eigenvalue weighted by Gasteiger charge is 2.12. The number of fused-ring (bicyclic) bond motifs is 1. The van der Waals surface area contributed by atoms with E-state index in [9.17, 15) is 5.11 Å². The van der Waals surface area contributed by atoms with Gasteiger partial charge >= 0.3 is 0 Å². The molecule has 1 unspecified atom stereocenters. The summed E-state index contributed by atoms with van der Waals surface area (Å²) in [6.07, 6.45) is 4.21. The Morgan fingerprint density at radius 3 is 2.88 bits per heavy atom. The van der Waals surface area contributed by atoms with Crippen LogP contribution in [0.3, 0.4) is 0 Å². The predicted molar refractivity (Wildman–Crippen MR) is 68.5 cm³/mol. The molecule has 0 saturated heterocycles. The SMILES string of the molecule is C=C(CC)CC(O)c1cccc2nccnc12. The molecule has 0 bridgehead atoms. The molecule has 1 atom stereocenters. The predicted octanol–water partition coefficient (Wildman–Crippen LogP) is 3.02. The van der Waals surface area contributed by atoms with Crippen LogP contribution in [0.2, 0.25) is 0 Å². The maximum Gasteiger partial charge on any atom is 0.0944 e. The van der Waals surface area contributed by atoms with Gasteiger partial charge in [-0.3, -0.25) is 9.97 Å². The lowest BCUT2D eigenvalue weighted by molar-refractivity contribution is 0.179. The summed E-state index contributed by atoms with van der Waals surface area (Å²) in [5.41, 5.74) is 3.45. The minimum Gasteiger partial charge on any atom is -0.388 e. The summed E-state index contributed by atoms with van der Waals surface area (Å²) in [6, 6.07) is 5.68. The number of nitrogens with zero attached hydrogens (tertiary/aromatic N) is 2. The van der Waals surface area contributed by atoms with E-state index in [0.29, 0.717) is 6.42 Å². The molecule has 3 heteroatoms. The zero-order chi connectivity index (χ0) is 12.3. The Labute approximate surface area is 101 Å². The summed E-state index contributed by atoms with van der Waals surface area (Å²) in [6.45, 7) is 5.96. The topological polar surface area (TPSA) is 46.0 Å². The van der Waals surface area contributed by atoms with Crippen LogP contribution in [-0.2, 0) is 0 Å². The molecule has 0 aliphatic heterocycles. The van der Waals surface area contributed by atoms with Crippen molar-refractivity contribution < 1.29 is 5.11 Å². The molecule has 0 aliphatic carbocycles. The first-order valence-corrected chi connectivity index (χ1v) is 5.76. The lowest BCUT2D eigenvalue weighted by atomic mass is 10.00. The van der Waals surface area contributed by atoms with E-state index in [1.54, 1.807) is 12.4 Å². The van der Waals surface area contributed by atoms with Gasteiger partial charge in [-0.05, 0) is 18.9 Å². The minimum absolute atomic E-state index is 0.553. The maximum atomic E-state index is 10.2. The molecule has 17 heavy (non-hydrogen) atoms. The van der Waals surface area contributed by atoms with Gasteiger partial charge < -0.3 is 5.11 Å². The second kappa shape index (κ2) is 5.06. The molecular weight excluding hydrogens is 212 g/mol. The van der Waals surface area contributed by atoms with Gasteiger partial charge in [0.15, 0.2) is 0 Å². The van der Waals surface area contributed by atoms with Crippen molar-refractivity contribution in [1.82, 2.24) is 9.97 Å². The zero-order valence-electron chi connectivity index (χ0n) is 9.93. The third-order valence-corrected chi connectivity index (χ3v) is 2.87. The monoisotopic (exact) mass is 228 g/mol. The van der Waals surface area contributed by atoms with Crippen LogP contribution in [-0.4, -0.2) is 15.1 Å². The van der Waals surface area contributed by atoms with Crippen LogP contribution in [0.15, 0.2) is 42.7 Å². The molecule has 1 N–H and O–H groups in total. The standard InChI is InChI=1S/C14H16N2O/c1-3-10(2)9-13(17)11-5-4-6-12-14(11)16-8-7-15-12/h4-8,13,17H,2-3,9H2,1H3. The molecule has 0 amide bonds. The van der Waals surface area contributed by atoms with E-state index in [0.717, 1.165) is 28.6 Å². The van der Waals surface area contributed by atoms with Crippen molar-refractivity contribution in [1.29, 1.82) is 0 Å². The fourth-order valence-corrected chi connectivity index (χ4v) is 1.81. The summed E-state index contributed by atoms with van der Waals surface area (Å²) in [4.78, 5) is 8.51.